The molecule has 0 N–H and O–H groups in total. The molecule has 0 radical (unpaired) electrons. The Morgan fingerprint density at radius 3 is 2.79 bits per heavy atom. The largest absolute Gasteiger partial charge is 0.487 e. The summed E-state index contributed by atoms with van der Waals surface area (Å²) < 4.78 is 5.43. The highest BCUT2D eigenvalue weighted by Crippen LogP contribution is 2.23. The molecular formula is C13H10N2O4. The maximum Gasteiger partial charge on any atom is 0.270 e. The zero-order chi connectivity index (χ0) is 13.7. The van der Waals surface area contributed by atoms with Gasteiger partial charge in [-0.05, 0) is 18.2 Å². The Kier molecular flexibility index (Phi) is 3.82. The SMILES string of the molecule is O=Cc1cc([N+](=O)[O-])ccc1OCc1ccccn1. The summed E-state index contributed by atoms with van der Waals surface area (Å²) in [5, 5.41) is 10.6. The second-order valence-corrected chi connectivity index (χ2v) is 3.71. The normalized spacial score (nSPS) is 9.89. The van der Waals surface area contributed by atoms with Gasteiger partial charge < -0.3 is 4.74 Å². The Morgan fingerprint density at radius 2 is 2.16 bits per heavy atom. The van der Waals surface area contributed by atoms with Crippen molar-refractivity contribution in [3.63, 3.8) is 0 Å². The summed E-state index contributed by atoms with van der Waals surface area (Å²) in [6.45, 7) is 0.194. The van der Waals surface area contributed by atoms with E-state index in [0.717, 1.165) is 0 Å². The van der Waals surface area contributed by atoms with Gasteiger partial charge in [-0.15, -0.1) is 0 Å². The van der Waals surface area contributed by atoms with Gasteiger partial charge in [-0.2, -0.15) is 0 Å². The van der Waals surface area contributed by atoms with Crippen LogP contribution in [0, 0.1) is 10.1 Å². The molecule has 0 fully saturated rings. The predicted molar refractivity (Wildman–Crippen MR) is 67.1 cm³/mol. The molecule has 96 valence electrons. The molecule has 1 aromatic heterocycles. The van der Waals surface area contributed by atoms with Gasteiger partial charge >= 0.3 is 0 Å². The van der Waals surface area contributed by atoms with Crippen molar-refractivity contribution in [2.24, 2.45) is 0 Å². The van der Waals surface area contributed by atoms with Crippen LogP contribution in [0.3, 0.4) is 0 Å². The number of benzene rings is 1. The molecule has 0 saturated carbocycles. The third kappa shape index (κ3) is 3.12. The molecule has 2 aromatic rings. The van der Waals surface area contributed by atoms with Crippen LogP contribution < -0.4 is 4.74 Å². The number of nitrogens with zero attached hydrogens (tertiary/aromatic N) is 2. The number of aldehydes is 1. The van der Waals surface area contributed by atoms with E-state index >= 15 is 0 Å². The van der Waals surface area contributed by atoms with Gasteiger partial charge in [0.15, 0.2) is 6.29 Å². The van der Waals surface area contributed by atoms with Crippen molar-refractivity contribution in [2.75, 3.05) is 0 Å². The average molecular weight is 258 g/mol. The zero-order valence-electron chi connectivity index (χ0n) is 9.85. The van der Waals surface area contributed by atoms with E-state index in [1.807, 2.05) is 6.07 Å². The van der Waals surface area contributed by atoms with Crippen molar-refractivity contribution in [3.05, 3.63) is 64.0 Å². The lowest BCUT2D eigenvalue weighted by Crippen LogP contribution is -2.00. The van der Waals surface area contributed by atoms with Crippen molar-refractivity contribution < 1.29 is 14.5 Å². The highest BCUT2D eigenvalue weighted by Gasteiger charge is 2.11. The number of carbonyl (C=O) groups excluding carboxylic acids is 1. The maximum atomic E-state index is 10.9. The summed E-state index contributed by atoms with van der Waals surface area (Å²) in [6.07, 6.45) is 2.16. The first kappa shape index (κ1) is 12.7. The molecule has 6 nitrogen and oxygen atoms in total. The second kappa shape index (κ2) is 5.72. The Balaban J connectivity index is 2.16. The van der Waals surface area contributed by atoms with Crippen molar-refractivity contribution in [3.8, 4) is 5.75 Å². The lowest BCUT2D eigenvalue weighted by Gasteiger charge is -2.07. The minimum Gasteiger partial charge on any atom is -0.487 e. The van der Waals surface area contributed by atoms with Gasteiger partial charge in [-0.3, -0.25) is 19.9 Å². The Bertz CT molecular complexity index is 599. The van der Waals surface area contributed by atoms with Crippen LogP contribution in [0.15, 0.2) is 42.6 Å². The molecule has 0 bridgehead atoms. The van der Waals surface area contributed by atoms with Gasteiger partial charge in [-0.1, -0.05) is 6.07 Å². The number of rotatable bonds is 5. The van der Waals surface area contributed by atoms with Crippen LogP contribution in [0.25, 0.3) is 0 Å². The first-order valence-corrected chi connectivity index (χ1v) is 5.47. The highest BCUT2D eigenvalue weighted by molar-refractivity contribution is 5.80. The monoisotopic (exact) mass is 258 g/mol. The fourth-order valence-electron chi connectivity index (χ4n) is 1.51. The molecule has 0 aliphatic rings. The summed E-state index contributed by atoms with van der Waals surface area (Å²) >= 11 is 0. The molecule has 0 spiro atoms. The standard InChI is InChI=1S/C13H10N2O4/c16-8-10-7-12(15(17)18)4-5-13(10)19-9-11-3-1-2-6-14-11/h1-8H,9H2. The molecule has 6 heteroatoms. The van der Waals surface area contributed by atoms with E-state index in [9.17, 15) is 14.9 Å². The van der Waals surface area contributed by atoms with Gasteiger partial charge in [0.25, 0.3) is 5.69 Å². The first-order valence-electron chi connectivity index (χ1n) is 5.47. The summed E-state index contributed by atoms with van der Waals surface area (Å²) in [4.78, 5) is 25.0. The van der Waals surface area contributed by atoms with E-state index in [-0.39, 0.29) is 17.9 Å². The van der Waals surface area contributed by atoms with Crippen LogP contribution in [-0.4, -0.2) is 16.2 Å². The summed E-state index contributed by atoms with van der Waals surface area (Å²) in [7, 11) is 0. The van der Waals surface area contributed by atoms with E-state index in [1.54, 1.807) is 18.3 Å². The van der Waals surface area contributed by atoms with Crippen LogP contribution >= 0.6 is 0 Å². The van der Waals surface area contributed by atoms with Crippen LogP contribution in [0.2, 0.25) is 0 Å². The third-order valence-electron chi connectivity index (χ3n) is 2.43. The molecule has 1 heterocycles. The van der Waals surface area contributed by atoms with Gasteiger partial charge in [0.2, 0.25) is 0 Å². The van der Waals surface area contributed by atoms with E-state index in [2.05, 4.69) is 4.98 Å². The maximum absolute atomic E-state index is 10.9. The Labute approximate surface area is 108 Å². The lowest BCUT2D eigenvalue weighted by atomic mass is 10.2. The van der Waals surface area contributed by atoms with E-state index in [0.29, 0.717) is 17.7 Å². The number of hydrogen-bond acceptors (Lipinski definition) is 5. The molecule has 1 aromatic carbocycles. The zero-order valence-corrected chi connectivity index (χ0v) is 9.85. The topological polar surface area (TPSA) is 82.3 Å². The molecule has 0 saturated heterocycles. The van der Waals surface area contributed by atoms with Crippen LogP contribution in [0.5, 0.6) is 5.75 Å². The molecular weight excluding hydrogens is 248 g/mol. The van der Waals surface area contributed by atoms with Crippen LogP contribution in [0.4, 0.5) is 5.69 Å². The minimum absolute atomic E-state index is 0.144. The lowest BCUT2D eigenvalue weighted by molar-refractivity contribution is -0.384. The molecule has 0 amide bonds. The number of pyridine rings is 1. The predicted octanol–water partition coefficient (Wildman–Crippen LogP) is 2.38. The van der Waals surface area contributed by atoms with Crippen molar-refractivity contribution in [1.82, 2.24) is 4.98 Å². The van der Waals surface area contributed by atoms with Gasteiger partial charge in [-0.25, -0.2) is 0 Å². The first-order chi connectivity index (χ1) is 9.20. The second-order valence-electron chi connectivity index (χ2n) is 3.71. The van der Waals surface area contributed by atoms with Crippen molar-refractivity contribution in [1.29, 1.82) is 0 Å². The van der Waals surface area contributed by atoms with E-state index < -0.39 is 4.92 Å². The number of ether oxygens (including phenoxy) is 1. The van der Waals surface area contributed by atoms with Crippen LogP contribution in [-0.2, 0) is 6.61 Å². The Morgan fingerprint density at radius 1 is 1.32 bits per heavy atom. The summed E-state index contributed by atoms with van der Waals surface area (Å²) in [5.74, 6) is 0.297. The summed E-state index contributed by atoms with van der Waals surface area (Å²) in [6, 6.07) is 9.27. The minimum atomic E-state index is -0.560. The molecule has 0 aliphatic heterocycles. The molecule has 0 aliphatic carbocycles. The van der Waals surface area contributed by atoms with Crippen molar-refractivity contribution in [2.45, 2.75) is 6.61 Å². The van der Waals surface area contributed by atoms with E-state index in [4.69, 9.17) is 4.74 Å². The fourth-order valence-corrected chi connectivity index (χ4v) is 1.51. The number of carbonyl (C=O) groups is 1. The van der Waals surface area contributed by atoms with Gasteiger partial charge in [0.05, 0.1) is 16.2 Å². The number of hydrogen-bond donors (Lipinski definition) is 0. The van der Waals surface area contributed by atoms with Crippen molar-refractivity contribution >= 4 is 12.0 Å². The molecule has 19 heavy (non-hydrogen) atoms. The average Bonchev–Trinajstić information content (AvgIpc) is 2.45. The molecule has 0 unspecified atom stereocenters. The quantitative estimate of drug-likeness (QED) is 0.467. The van der Waals surface area contributed by atoms with E-state index in [1.165, 1.54) is 18.2 Å². The fraction of sp³-hybridized carbons (Fsp3) is 0.0769. The number of aromatic nitrogens is 1. The molecule has 2 rings (SSSR count). The summed E-state index contributed by atoms with van der Waals surface area (Å²) in [5.41, 5.74) is 0.704. The van der Waals surface area contributed by atoms with Crippen LogP contribution in [0.1, 0.15) is 16.1 Å². The number of non-ortho nitro benzene ring substituents is 1. The third-order valence-corrected chi connectivity index (χ3v) is 2.43. The number of nitro benzene ring substituents is 1. The highest BCUT2D eigenvalue weighted by atomic mass is 16.6. The Hall–Kier alpha value is -2.76. The van der Waals surface area contributed by atoms with Gasteiger partial charge in [0.1, 0.15) is 12.4 Å². The van der Waals surface area contributed by atoms with Gasteiger partial charge in [0, 0.05) is 18.3 Å². The molecule has 0 atom stereocenters. The smallest absolute Gasteiger partial charge is 0.270 e. The number of nitro groups is 1.